The van der Waals surface area contributed by atoms with E-state index in [4.69, 9.17) is 5.73 Å². The van der Waals surface area contributed by atoms with Crippen LogP contribution >= 0.6 is 0 Å². The SMILES string of the molecule is Nc1nc2cc(CN3C(=O)c4cc(F)ccc4[C@]34CCN(CC3(CF)CC3)C4=O)[nH]c2cc1F. The Hall–Kier alpha value is -3.56. The van der Waals surface area contributed by atoms with Gasteiger partial charge in [-0.05, 0) is 31.0 Å². The third-order valence-electron chi connectivity index (χ3n) is 7.48. The second-order valence-corrected chi connectivity index (χ2v) is 9.63. The van der Waals surface area contributed by atoms with Crippen LogP contribution in [0.2, 0.25) is 0 Å². The van der Waals surface area contributed by atoms with Crippen molar-refractivity contribution in [2.45, 2.75) is 31.3 Å². The molecule has 1 saturated heterocycles. The lowest BCUT2D eigenvalue weighted by Crippen LogP contribution is -2.50. The number of nitrogen functional groups attached to an aromatic ring is 1. The number of hydrogen-bond acceptors (Lipinski definition) is 4. The van der Waals surface area contributed by atoms with Crippen molar-refractivity contribution < 1.29 is 22.8 Å². The number of nitrogens with one attached hydrogen (secondary N) is 1. The van der Waals surface area contributed by atoms with Gasteiger partial charge in [0.2, 0.25) is 0 Å². The lowest BCUT2D eigenvalue weighted by molar-refractivity contribution is -0.138. The van der Waals surface area contributed by atoms with Crippen molar-refractivity contribution in [1.82, 2.24) is 19.8 Å². The van der Waals surface area contributed by atoms with Crippen LogP contribution in [0.4, 0.5) is 19.0 Å². The number of carbonyl (C=O) groups excluding carboxylic acids is 2. The van der Waals surface area contributed by atoms with Gasteiger partial charge in [0.25, 0.3) is 11.8 Å². The van der Waals surface area contributed by atoms with Gasteiger partial charge in [-0.25, -0.2) is 13.8 Å². The molecule has 6 rings (SSSR count). The molecule has 4 heterocycles. The van der Waals surface area contributed by atoms with Gasteiger partial charge in [-0.1, -0.05) is 6.07 Å². The molecule has 3 aromatic rings. The molecule has 2 fully saturated rings. The number of benzene rings is 1. The van der Waals surface area contributed by atoms with Gasteiger partial charge in [-0.3, -0.25) is 14.0 Å². The Kier molecular flexibility index (Phi) is 4.31. The molecule has 176 valence electrons. The molecule has 1 aliphatic carbocycles. The lowest BCUT2D eigenvalue weighted by atomic mass is 9.87. The first kappa shape index (κ1) is 21.0. The molecule has 0 radical (unpaired) electrons. The Labute approximate surface area is 192 Å². The first-order valence-electron chi connectivity index (χ1n) is 11.2. The number of nitrogens with zero attached hydrogens (tertiary/aromatic N) is 3. The Bertz CT molecular complexity index is 1330. The van der Waals surface area contributed by atoms with E-state index in [9.17, 15) is 22.8 Å². The van der Waals surface area contributed by atoms with Crippen LogP contribution in [0.1, 0.15) is 40.9 Å². The number of alkyl halides is 1. The van der Waals surface area contributed by atoms with Gasteiger partial charge >= 0.3 is 0 Å². The predicted molar refractivity (Wildman–Crippen MR) is 117 cm³/mol. The average Bonchev–Trinajstić information content (AvgIpc) is 3.30. The first-order chi connectivity index (χ1) is 16.3. The molecule has 2 aliphatic heterocycles. The number of rotatable bonds is 5. The molecule has 10 heteroatoms. The van der Waals surface area contributed by atoms with Gasteiger partial charge in [0, 0.05) is 47.8 Å². The maximum Gasteiger partial charge on any atom is 0.255 e. The summed E-state index contributed by atoms with van der Waals surface area (Å²) in [6.45, 7) is 0.186. The van der Waals surface area contributed by atoms with E-state index < -0.39 is 35.2 Å². The van der Waals surface area contributed by atoms with Gasteiger partial charge in [0.15, 0.2) is 11.6 Å². The fraction of sp³-hybridized carbons (Fsp3) is 0.375. The van der Waals surface area contributed by atoms with Crippen LogP contribution < -0.4 is 5.73 Å². The number of anilines is 1. The lowest BCUT2D eigenvalue weighted by Gasteiger charge is -2.34. The summed E-state index contributed by atoms with van der Waals surface area (Å²) in [6.07, 6.45) is 1.78. The molecule has 2 amide bonds. The topological polar surface area (TPSA) is 95.3 Å². The smallest absolute Gasteiger partial charge is 0.255 e. The van der Waals surface area contributed by atoms with Gasteiger partial charge in [-0.15, -0.1) is 0 Å². The Morgan fingerprint density at radius 1 is 1.12 bits per heavy atom. The van der Waals surface area contributed by atoms with E-state index >= 15 is 0 Å². The highest BCUT2D eigenvalue weighted by molar-refractivity contribution is 6.07. The van der Waals surface area contributed by atoms with Gasteiger partial charge in [0.05, 0.1) is 24.3 Å². The molecule has 34 heavy (non-hydrogen) atoms. The summed E-state index contributed by atoms with van der Waals surface area (Å²) in [5, 5.41) is 0. The molecule has 1 atom stereocenters. The maximum absolute atomic E-state index is 14.1. The number of amides is 2. The van der Waals surface area contributed by atoms with Crippen molar-refractivity contribution in [3.8, 4) is 0 Å². The fourth-order valence-electron chi connectivity index (χ4n) is 5.42. The monoisotopic (exact) mass is 469 g/mol. The van der Waals surface area contributed by atoms with Crippen LogP contribution in [0.15, 0.2) is 30.3 Å². The zero-order valence-corrected chi connectivity index (χ0v) is 18.2. The average molecular weight is 469 g/mol. The van der Waals surface area contributed by atoms with Crippen LogP contribution in [-0.4, -0.2) is 51.3 Å². The molecule has 2 aromatic heterocycles. The van der Waals surface area contributed by atoms with Crippen LogP contribution in [0.3, 0.4) is 0 Å². The molecule has 3 N–H and O–H groups in total. The summed E-state index contributed by atoms with van der Waals surface area (Å²) in [7, 11) is 0. The molecular formula is C24H22F3N5O2. The molecule has 0 unspecified atom stereocenters. The van der Waals surface area contributed by atoms with Crippen molar-refractivity contribution >= 4 is 28.7 Å². The summed E-state index contributed by atoms with van der Waals surface area (Å²) in [5.41, 5.74) is 5.74. The Morgan fingerprint density at radius 3 is 2.65 bits per heavy atom. The number of carbonyl (C=O) groups is 2. The van der Waals surface area contributed by atoms with E-state index in [1.165, 1.54) is 23.1 Å². The Morgan fingerprint density at radius 2 is 1.91 bits per heavy atom. The third-order valence-corrected chi connectivity index (χ3v) is 7.48. The third kappa shape index (κ3) is 2.87. The summed E-state index contributed by atoms with van der Waals surface area (Å²) in [5.74, 6) is -2.22. The van der Waals surface area contributed by atoms with Crippen molar-refractivity contribution in [3.63, 3.8) is 0 Å². The van der Waals surface area contributed by atoms with Crippen molar-refractivity contribution in [1.29, 1.82) is 0 Å². The van der Waals surface area contributed by atoms with Gasteiger partial charge in [0.1, 0.15) is 11.4 Å². The number of halogens is 3. The number of likely N-dealkylation sites (tertiary alicyclic amines) is 1. The predicted octanol–water partition coefficient (Wildman–Crippen LogP) is 3.26. The number of H-pyrrole nitrogens is 1. The van der Waals surface area contributed by atoms with Crippen molar-refractivity contribution in [2.75, 3.05) is 25.5 Å². The number of pyridine rings is 1. The summed E-state index contributed by atoms with van der Waals surface area (Å²) < 4.78 is 41.5. The molecule has 1 saturated carbocycles. The molecule has 0 bridgehead atoms. The second-order valence-electron chi connectivity index (χ2n) is 9.63. The number of hydrogen-bond donors (Lipinski definition) is 2. The van der Waals surface area contributed by atoms with Gasteiger partial charge in [-0.2, -0.15) is 0 Å². The highest BCUT2D eigenvalue weighted by Gasteiger charge is 2.60. The normalized spacial score (nSPS) is 22.9. The van der Waals surface area contributed by atoms with Crippen LogP contribution in [0.5, 0.6) is 0 Å². The summed E-state index contributed by atoms with van der Waals surface area (Å²) in [4.78, 5) is 37.4. The number of fused-ring (bicyclic) bond motifs is 3. The van der Waals surface area contributed by atoms with Crippen LogP contribution in [0, 0.1) is 17.0 Å². The number of nitrogens with two attached hydrogens (primary N) is 1. The molecule has 7 nitrogen and oxygen atoms in total. The minimum atomic E-state index is -1.30. The zero-order valence-electron chi connectivity index (χ0n) is 18.2. The molecule has 1 spiro atoms. The highest BCUT2D eigenvalue weighted by atomic mass is 19.1. The maximum atomic E-state index is 14.1. The first-order valence-corrected chi connectivity index (χ1v) is 11.2. The highest BCUT2D eigenvalue weighted by Crippen LogP contribution is 2.51. The second kappa shape index (κ2) is 6.97. The minimum absolute atomic E-state index is 0.000843. The standard InChI is InChI=1S/C24H22F3N5O2/c25-11-23(3-4-23)12-31-6-5-24(22(31)34)16-2-1-13(26)7-15(16)21(33)32(24)10-14-8-18-19(29-14)9-17(27)20(28)30-18/h1-2,7-9,29H,3-6,10-12H2,(H2,28,30)/t24-/m0/s1. The Balaban J connectivity index is 1.41. The largest absolute Gasteiger partial charge is 0.381 e. The van der Waals surface area contributed by atoms with E-state index in [0.717, 1.165) is 18.9 Å². The van der Waals surface area contributed by atoms with E-state index in [0.29, 0.717) is 41.8 Å². The summed E-state index contributed by atoms with van der Waals surface area (Å²) >= 11 is 0. The molecular weight excluding hydrogens is 447 g/mol. The van der Waals surface area contributed by atoms with Crippen LogP contribution in [0.25, 0.3) is 11.0 Å². The number of aromatic amines is 1. The van der Waals surface area contributed by atoms with E-state index in [1.54, 1.807) is 11.0 Å². The fourth-order valence-corrected chi connectivity index (χ4v) is 5.42. The quantitative estimate of drug-likeness (QED) is 0.600. The summed E-state index contributed by atoms with van der Waals surface area (Å²) in [6, 6.07) is 6.77. The number of aromatic nitrogens is 2. The molecule has 1 aromatic carbocycles. The minimum Gasteiger partial charge on any atom is -0.381 e. The van der Waals surface area contributed by atoms with E-state index in [1.807, 2.05) is 0 Å². The van der Waals surface area contributed by atoms with Crippen molar-refractivity contribution in [2.24, 2.45) is 5.41 Å². The van der Waals surface area contributed by atoms with E-state index in [2.05, 4.69) is 9.97 Å². The van der Waals surface area contributed by atoms with Gasteiger partial charge < -0.3 is 20.5 Å². The molecule has 3 aliphatic rings. The zero-order chi connectivity index (χ0) is 23.8. The van der Waals surface area contributed by atoms with E-state index in [-0.39, 0.29) is 23.8 Å². The van der Waals surface area contributed by atoms with Crippen molar-refractivity contribution in [3.05, 3.63) is 58.8 Å². The van der Waals surface area contributed by atoms with Crippen LogP contribution in [-0.2, 0) is 16.9 Å².